The van der Waals surface area contributed by atoms with Crippen LogP contribution in [0.25, 0.3) is 11.1 Å². The number of hydrogen-bond acceptors (Lipinski definition) is 2. The quantitative estimate of drug-likeness (QED) is 0.596. The molecule has 0 aliphatic carbocycles. The molecule has 1 aliphatic heterocycles. The summed E-state index contributed by atoms with van der Waals surface area (Å²) in [5.74, 6) is 1.21. The highest BCUT2D eigenvalue weighted by atomic mass is 15.0. The Balaban J connectivity index is 1.59. The average molecular weight is 377 g/mol. The third-order valence-electron chi connectivity index (χ3n) is 5.78. The standard InChI is InChI=1S/C26H36N2/c1-22(23-17-19-25(20-18-23)24-14-10-9-11-15-24)28-26-16-12-7-5-3-2-4-6-8-13-21-27-26/h9-11,14-15,17-20,22H,2-8,12-13,16,21H2,1H3,(H,27,28). The molecule has 0 saturated carbocycles. The Morgan fingerprint density at radius 2 is 1.25 bits per heavy atom. The van der Waals surface area contributed by atoms with Crippen molar-refractivity contribution in [2.45, 2.75) is 77.2 Å². The summed E-state index contributed by atoms with van der Waals surface area (Å²) in [6, 6.07) is 19.8. The molecule has 28 heavy (non-hydrogen) atoms. The second-order valence-corrected chi connectivity index (χ2v) is 8.11. The minimum atomic E-state index is 0.291. The van der Waals surface area contributed by atoms with Gasteiger partial charge in [-0.1, -0.05) is 99.5 Å². The van der Waals surface area contributed by atoms with E-state index < -0.39 is 0 Å². The first-order chi connectivity index (χ1) is 13.8. The van der Waals surface area contributed by atoms with Crippen molar-refractivity contribution in [2.24, 2.45) is 4.99 Å². The first-order valence-corrected chi connectivity index (χ1v) is 11.3. The molecule has 0 radical (unpaired) electrons. The van der Waals surface area contributed by atoms with Crippen LogP contribution in [-0.2, 0) is 0 Å². The Labute approximate surface area is 171 Å². The van der Waals surface area contributed by atoms with Gasteiger partial charge in [-0.15, -0.1) is 0 Å². The van der Waals surface area contributed by atoms with Crippen molar-refractivity contribution < 1.29 is 0 Å². The van der Waals surface area contributed by atoms with E-state index in [1.165, 1.54) is 80.3 Å². The number of hydrogen-bond donors (Lipinski definition) is 1. The topological polar surface area (TPSA) is 24.4 Å². The van der Waals surface area contributed by atoms with Crippen molar-refractivity contribution in [3.05, 3.63) is 60.2 Å². The zero-order chi connectivity index (χ0) is 19.4. The van der Waals surface area contributed by atoms with Gasteiger partial charge in [0.15, 0.2) is 0 Å². The molecule has 150 valence electrons. The van der Waals surface area contributed by atoms with E-state index in [9.17, 15) is 0 Å². The summed E-state index contributed by atoms with van der Waals surface area (Å²) in [6.07, 6.45) is 13.2. The Morgan fingerprint density at radius 1 is 0.679 bits per heavy atom. The van der Waals surface area contributed by atoms with E-state index in [4.69, 9.17) is 4.99 Å². The zero-order valence-corrected chi connectivity index (χ0v) is 17.5. The molecule has 0 saturated heterocycles. The van der Waals surface area contributed by atoms with Crippen LogP contribution in [0.15, 0.2) is 59.6 Å². The van der Waals surface area contributed by atoms with Crippen LogP contribution < -0.4 is 5.32 Å². The van der Waals surface area contributed by atoms with Gasteiger partial charge >= 0.3 is 0 Å². The fourth-order valence-electron chi connectivity index (χ4n) is 3.98. The highest BCUT2D eigenvalue weighted by Gasteiger charge is 2.09. The summed E-state index contributed by atoms with van der Waals surface area (Å²) in [4.78, 5) is 4.92. The molecule has 1 atom stereocenters. The Morgan fingerprint density at radius 3 is 1.93 bits per heavy atom. The molecule has 0 amide bonds. The van der Waals surface area contributed by atoms with Gasteiger partial charge in [-0.3, -0.25) is 4.99 Å². The lowest BCUT2D eigenvalue weighted by atomic mass is 10.0. The zero-order valence-electron chi connectivity index (χ0n) is 17.5. The van der Waals surface area contributed by atoms with Crippen LogP contribution in [0.1, 0.15) is 82.7 Å². The fraction of sp³-hybridized carbons (Fsp3) is 0.500. The van der Waals surface area contributed by atoms with Gasteiger partial charge in [-0.25, -0.2) is 0 Å². The van der Waals surface area contributed by atoms with E-state index >= 15 is 0 Å². The summed E-state index contributed by atoms with van der Waals surface area (Å²) in [7, 11) is 0. The predicted octanol–water partition coefficient (Wildman–Crippen LogP) is 7.32. The summed E-state index contributed by atoms with van der Waals surface area (Å²) >= 11 is 0. The number of benzene rings is 2. The lowest BCUT2D eigenvalue weighted by molar-refractivity contribution is 0.566. The summed E-state index contributed by atoms with van der Waals surface area (Å²) in [6.45, 7) is 3.23. The summed E-state index contributed by atoms with van der Waals surface area (Å²) < 4.78 is 0. The molecule has 1 heterocycles. The molecule has 2 aromatic rings. The molecule has 0 aromatic heterocycles. The maximum atomic E-state index is 4.92. The molecule has 0 bridgehead atoms. The maximum Gasteiger partial charge on any atom is 0.0967 e. The highest BCUT2D eigenvalue weighted by Crippen LogP contribution is 2.22. The van der Waals surface area contributed by atoms with Crippen LogP contribution in [0.3, 0.4) is 0 Å². The Hall–Kier alpha value is -2.09. The normalized spacial score (nSPS) is 18.1. The van der Waals surface area contributed by atoms with Crippen LogP contribution in [0, 0.1) is 0 Å². The minimum Gasteiger partial charge on any atom is -0.367 e. The Kier molecular flexibility index (Phi) is 8.61. The van der Waals surface area contributed by atoms with E-state index in [0.717, 1.165) is 13.0 Å². The maximum absolute atomic E-state index is 4.92. The minimum absolute atomic E-state index is 0.291. The largest absolute Gasteiger partial charge is 0.367 e. The van der Waals surface area contributed by atoms with Gasteiger partial charge in [-0.05, 0) is 36.5 Å². The van der Waals surface area contributed by atoms with Crippen LogP contribution in [-0.4, -0.2) is 12.4 Å². The first-order valence-electron chi connectivity index (χ1n) is 11.3. The highest BCUT2D eigenvalue weighted by molar-refractivity contribution is 5.82. The predicted molar refractivity (Wildman–Crippen MR) is 122 cm³/mol. The van der Waals surface area contributed by atoms with Crippen LogP contribution >= 0.6 is 0 Å². The van der Waals surface area contributed by atoms with Crippen molar-refractivity contribution in [3.63, 3.8) is 0 Å². The SMILES string of the molecule is CC(NC1=NCCCCCCCCCCC1)c1ccc(-c2ccccc2)cc1. The van der Waals surface area contributed by atoms with Gasteiger partial charge in [0, 0.05) is 19.0 Å². The van der Waals surface area contributed by atoms with Crippen LogP contribution in [0.5, 0.6) is 0 Å². The summed E-state index contributed by atoms with van der Waals surface area (Å²) in [5.41, 5.74) is 3.87. The van der Waals surface area contributed by atoms with E-state index in [0.29, 0.717) is 6.04 Å². The van der Waals surface area contributed by atoms with Crippen LogP contribution in [0.2, 0.25) is 0 Å². The van der Waals surface area contributed by atoms with Gasteiger partial charge in [0.2, 0.25) is 0 Å². The van der Waals surface area contributed by atoms with E-state index in [1.807, 2.05) is 0 Å². The van der Waals surface area contributed by atoms with E-state index in [-0.39, 0.29) is 0 Å². The average Bonchev–Trinajstić information content (AvgIpc) is 2.77. The van der Waals surface area contributed by atoms with Gasteiger partial charge < -0.3 is 5.32 Å². The van der Waals surface area contributed by atoms with Crippen molar-refractivity contribution >= 4 is 5.84 Å². The molecular weight excluding hydrogens is 340 g/mol. The third-order valence-corrected chi connectivity index (χ3v) is 5.78. The molecular formula is C26H36N2. The Bertz CT molecular complexity index is 703. The second-order valence-electron chi connectivity index (χ2n) is 8.11. The first kappa shape index (κ1) is 20.6. The second kappa shape index (κ2) is 11.7. The molecule has 0 fully saturated rings. The molecule has 1 N–H and O–H groups in total. The number of nitrogens with one attached hydrogen (secondary N) is 1. The molecule has 1 unspecified atom stereocenters. The van der Waals surface area contributed by atoms with Gasteiger partial charge in [-0.2, -0.15) is 0 Å². The number of aliphatic imine (C=N–C) groups is 1. The van der Waals surface area contributed by atoms with Gasteiger partial charge in [0.05, 0.1) is 5.84 Å². The van der Waals surface area contributed by atoms with Gasteiger partial charge in [0.25, 0.3) is 0 Å². The van der Waals surface area contributed by atoms with Crippen molar-refractivity contribution in [3.8, 4) is 11.1 Å². The van der Waals surface area contributed by atoms with Gasteiger partial charge in [0.1, 0.15) is 0 Å². The molecule has 2 nitrogen and oxygen atoms in total. The molecule has 2 aromatic carbocycles. The lowest BCUT2D eigenvalue weighted by Gasteiger charge is -2.18. The fourth-order valence-corrected chi connectivity index (χ4v) is 3.98. The van der Waals surface area contributed by atoms with E-state index in [2.05, 4.69) is 66.8 Å². The third kappa shape index (κ3) is 6.82. The number of rotatable bonds is 3. The summed E-state index contributed by atoms with van der Waals surface area (Å²) in [5, 5.41) is 3.71. The van der Waals surface area contributed by atoms with Crippen LogP contribution in [0.4, 0.5) is 0 Å². The number of nitrogens with zero attached hydrogens (tertiary/aromatic N) is 1. The molecule has 0 spiro atoms. The van der Waals surface area contributed by atoms with E-state index in [1.54, 1.807) is 0 Å². The van der Waals surface area contributed by atoms with Crippen molar-refractivity contribution in [1.82, 2.24) is 5.32 Å². The number of amidine groups is 1. The lowest BCUT2D eigenvalue weighted by Crippen LogP contribution is -2.27. The molecule has 3 rings (SSSR count). The smallest absolute Gasteiger partial charge is 0.0967 e. The van der Waals surface area contributed by atoms with Crippen molar-refractivity contribution in [2.75, 3.05) is 6.54 Å². The van der Waals surface area contributed by atoms with Crippen molar-refractivity contribution in [1.29, 1.82) is 0 Å². The monoisotopic (exact) mass is 376 g/mol. The molecule has 2 heteroatoms. The molecule has 1 aliphatic rings.